The van der Waals surface area contributed by atoms with E-state index in [0.717, 1.165) is 18.9 Å². The average molecular weight is 269 g/mol. The number of carbonyl (C=O) groups excluding carboxylic acids is 1. The Balaban J connectivity index is 2.55. The van der Waals surface area contributed by atoms with Gasteiger partial charge in [0.1, 0.15) is 5.54 Å². The Kier molecular flexibility index (Phi) is 6.27. The molecule has 0 aliphatic heterocycles. The minimum absolute atomic E-state index is 0.253. The van der Waals surface area contributed by atoms with Crippen LogP contribution in [0.4, 0.5) is 0 Å². The van der Waals surface area contributed by atoms with Gasteiger partial charge in [-0.2, -0.15) is 0 Å². The summed E-state index contributed by atoms with van der Waals surface area (Å²) in [6.45, 7) is 7.87. The van der Waals surface area contributed by atoms with Crippen LogP contribution in [0, 0.1) is 5.92 Å². The highest BCUT2D eigenvalue weighted by Crippen LogP contribution is 2.27. The van der Waals surface area contributed by atoms with Crippen LogP contribution in [0.1, 0.15) is 52.9 Å². The van der Waals surface area contributed by atoms with Crippen molar-refractivity contribution in [3.05, 3.63) is 0 Å². The monoisotopic (exact) mass is 269 g/mol. The summed E-state index contributed by atoms with van der Waals surface area (Å²) in [5.74, 6) is 0.599. The SMILES string of the molecule is CCCNC(C)(CN(C)C1CCC(C)CC1)C(N)=O. The number of nitrogens with one attached hydrogen (secondary N) is 1. The van der Waals surface area contributed by atoms with Crippen molar-refractivity contribution in [2.45, 2.75) is 64.5 Å². The van der Waals surface area contributed by atoms with Gasteiger partial charge in [-0.1, -0.05) is 13.8 Å². The summed E-state index contributed by atoms with van der Waals surface area (Å²) in [5, 5.41) is 3.31. The Morgan fingerprint density at radius 3 is 2.42 bits per heavy atom. The molecule has 1 amide bonds. The van der Waals surface area contributed by atoms with Gasteiger partial charge < -0.3 is 16.0 Å². The molecule has 1 rings (SSSR count). The topological polar surface area (TPSA) is 58.4 Å². The number of likely N-dealkylation sites (N-methyl/N-ethyl adjacent to an activating group) is 1. The Hall–Kier alpha value is -0.610. The van der Waals surface area contributed by atoms with E-state index in [1.54, 1.807) is 0 Å². The first-order valence-electron chi connectivity index (χ1n) is 7.64. The minimum atomic E-state index is -0.617. The van der Waals surface area contributed by atoms with Crippen molar-refractivity contribution in [3.63, 3.8) is 0 Å². The molecule has 0 radical (unpaired) electrons. The maximum atomic E-state index is 11.7. The molecule has 1 saturated carbocycles. The normalized spacial score (nSPS) is 27.2. The molecule has 0 spiro atoms. The lowest BCUT2D eigenvalue weighted by Crippen LogP contribution is -2.60. The second kappa shape index (κ2) is 7.25. The van der Waals surface area contributed by atoms with Gasteiger partial charge in [0.05, 0.1) is 0 Å². The third-order valence-electron chi connectivity index (χ3n) is 4.48. The summed E-state index contributed by atoms with van der Waals surface area (Å²) in [5.41, 5.74) is 4.97. The zero-order chi connectivity index (χ0) is 14.5. The molecule has 0 aromatic heterocycles. The quantitative estimate of drug-likeness (QED) is 0.740. The van der Waals surface area contributed by atoms with E-state index in [4.69, 9.17) is 5.73 Å². The van der Waals surface area contributed by atoms with Gasteiger partial charge >= 0.3 is 0 Å². The summed E-state index contributed by atoms with van der Waals surface area (Å²) in [7, 11) is 2.12. The molecular formula is C15H31N3O. The fourth-order valence-corrected chi connectivity index (χ4v) is 2.93. The van der Waals surface area contributed by atoms with Crippen LogP contribution >= 0.6 is 0 Å². The number of primary amides is 1. The van der Waals surface area contributed by atoms with E-state index in [-0.39, 0.29) is 5.91 Å². The van der Waals surface area contributed by atoms with E-state index in [0.29, 0.717) is 12.6 Å². The molecule has 1 fully saturated rings. The van der Waals surface area contributed by atoms with Gasteiger partial charge in [0.2, 0.25) is 5.91 Å². The van der Waals surface area contributed by atoms with Gasteiger partial charge in [0.25, 0.3) is 0 Å². The van der Waals surface area contributed by atoms with Crippen molar-refractivity contribution in [2.24, 2.45) is 11.7 Å². The van der Waals surface area contributed by atoms with Crippen LogP contribution in [0.3, 0.4) is 0 Å². The molecule has 19 heavy (non-hydrogen) atoms. The molecule has 0 aromatic carbocycles. The second-order valence-electron chi connectivity index (χ2n) is 6.45. The van der Waals surface area contributed by atoms with Gasteiger partial charge in [-0.05, 0) is 58.5 Å². The summed E-state index contributed by atoms with van der Waals surface area (Å²) < 4.78 is 0. The predicted octanol–water partition coefficient (Wildman–Crippen LogP) is 1.74. The molecule has 0 heterocycles. The fourth-order valence-electron chi connectivity index (χ4n) is 2.93. The lowest BCUT2D eigenvalue weighted by molar-refractivity contribution is -0.124. The number of nitrogens with zero attached hydrogens (tertiary/aromatic N) is 1. The van der Waals surface area contributed by atoms with Crippen LogP contribution < -0.4 is 11.1 Å². The second-order valence-corrected chi connectivity index (χ2v) is 6.45. The lowest BCUT2D eigenvalue weighted by atomic mass is 9.86. The van der Waals surface area contributed by atoms with E-state index < -0.39 is 5.54 Å². The van der Waals surface area contributed by atoms with Crippen molar-refractivity contribution in [2.75, 3.05) is 20.1 Å². The smallest absolute Gasteiger partial charge is 0.238 e. The van der Waals surface area contributed by atoms with Crippen molar-refractivity contribution in [1.82, 2.24) is 10.2 Å². The molecule has 3 N–H and O–H groups in total. The van der Waals surface area contributed by atoms with E-state index in [1.807, 2.05) is 6.92 Å². The van der Waals surface area contributed by atoms with Gasteiger partial charge in [-0.15, -0.1) is 0 Å². The predicted molar refractivity (Wildman–Crippen MR) is 79.9 cm³/mol. The molecule has 1 atom stereocenters. The zero-order valence-electron chi connectivity index (χ0n) is 13.0. The van der Waals surface area contributed by atoms with Crippen LogP contribution in [0.2, 0.25) is 0 Å². The number of carbonyl (C=O) groups is 1. The summed E-state index contributed by atoms with van der Waals surface area (Å²) >= 11 is 0. The Morgan fingerprint density at radius 2 is 1.95 bits per heavy atom. The lowest BCUT2D eigenvalue weighted by Gasteiger charge is -2.38. The molecule has 0 aromatic rings. The number of nitrogens with two attached hydrogens (primary N) is 1. The molecule has 1 aliphatic rings. The van der Waals surface area contributed by atoms with Crippen LogP contribution in [-0.4, -0.2) is 42.5 Å². The van der Waals surface area contributed by atoms with Crippen molar-refractivity contribution >= 4 is 5.91 Å². The Morgan fingerprint density at radius 1 is 1.37 bits per heavy atom. The number of hydrogen-bond acceptors (Lipinski definition) is 3. The van der Waals surface area contributed by atoms with Gasteiger partial charge in [0, 0.05) is 12.6 Å². The van der Waals surface area contributed by atoms with E-state index >= 15 is 0 Å². The molecule has 4 nitrogen and oxygen atoms in total. The largest absolute Gasteiger partial charge is 0.368 e. The highest BCUT2D eigenvalue weighted by molar-refractivity contribution is 5.84. The first kappa shape index (κ1) is 16.4. The number of rotatable bonds is 7. The van der Waals surface area contributed by atoms with Crippen LogP contribution in [0.5, 0.6) is 0 Å². The Bertz CT molecular complexity index is 287. The van der Waals surface area contributed by atoms with Crippen molar-refractivity contribution < 1.29 is 4.79 Å². The standard InChI is InChI=1S/C15H31N3O/c1-5-10-17-15(3,14(16)19)11-18(4)13-8-6-12(2)7-9-13/h12-13,17H,5-11H2,1-4H3,(H2,16,19). The maximum absolute atomic E-state index is 11.7. The Labute approximate surface area is 118 Å². The van der Waals surface area contributed by atoms with Crippen LogP contribution in [-0.2, 0) is 4.79 Å². The third-order valence-corrected chi connectivity index (χ3v) is 4.48. The molecule has 112 valence electrons. The molecule has 4 heteroatoms. The van der Waals surface area contributed by atoms with Crippen LogP contribution in [0.25, 0.3) is 0 Å². The zero-order valence-corrected chi connectivity index (χ0v) is 13.0. The minimum Gasteiger partial charge on any atom is -0.368 e. The average Bonchev–Trinajstić information content (AvgIpc) is 2.36. The number of amides is 1. The first-order valence-corrected chi connectivity index (χ1v) is 7.64. The molecule has 0 bridgehead atoms. The highest BCUT2D eigenvalue weighted by atomic mass is 16.1. The van der Waals surface area contributed by atoms with E-state index in [1.165, 1.54) is 25.7 Å². The molecule has 1 unspecified atom stereocenters. The summed E-state index contributed by atoms with van der Waals surface area (Å²) in [6.07, 6.45) is 6.07. The summed E-state index contributed by atoms with van der Waals surface area (Å²) in [4.78, 5) is 14.0. The fraction of sp³-hybridized carbons (Fsp3) is 0.933. The third kappa shape index (κ3) is 4.77. The van der Waals surface area contributed by atoms with Crippen LogP contribution in [0.15, 0.2) is 0 Å². The number of hydrogen-bond donors (Lipinski definition) is 2. The first-order chi connectivity index (χ1) is 8.89. The van der Waals surface area contributed by atoms with Crippen molar-refractivity contribution in [3.8, 4) is 0 Å². The van der Waals surface area contributed by atoms with E-state index in [2.05, 4.69) is 31.1 Å². The maximum Gasteiger partial charge on any atom is 0.238 e. The van der Waals surface area contributed by atoms with Crippen molar-refractivity contribution in [1.29, 1.82) is 0 Å². The van der Waals surface area contributed by atoms with Gasteiger partial charge in [-0.25, -0.2) is 0 Å². The molecule has 0 saturated heterocycles. The highest BCUT2D eigenvalue weighted by Gasteiger charge is 2.34. The molecular weight excluding hydrogens is 238 g/mol. The van der Waals surface area contributed by atoms with E-state index in [9.17, 15) is 4.79 Å². The molecule has 1 aliphatic carbocycles. The summed E-state index contributed by atoms with van der Waals surface area (Å²) in [6, 6.07) is 0.596. The van der Waals surface area contributed by atoms with Gasteiger partial charge in [-0.3, -0.25) is 4.79 Å². The van der Waals surface area contributed by atoms with Gasteiger partial charge in [0.15, 0.2) is 0 Å².